The largest absolute Gasteiger partial charge is 0.371 e. The molecule has 4 nitrogen and oxygen atoms in total. The molecule has 1 fully saturated rings. The van der Waals surface area contributed by atoms with Crippen molar-refractivity contribution in [1.82, 2.24) is 4.98 Å². The van der Waals surface area contributed by atoms with Crippen LogP contribution in [0.2, 0.25) is 5.15 Å². The molecule has 0 saturated carbocycles. The molecule has 1 N–H and O–H groups in total. The molecule has 0 bridgehead atoms. The van der Waals surface area contributed by atoms with Crippen LogP contribution in [0.1, 0.15) is 23.3 Å². The van der Waals surface area contributed by atoms with Gasteiger partial charge < -0.3 is 10.2 Å². The summed E-state index contributed by atoms with van der Waals surface area (Å²) in [6.07, 6.45) is 2.45. The van der Waals surface area contributed by atoms with Crippen LogP contribution < -0.4 is 10.2 Å². The molecule has 0 spiro atoms. The number of carbonyl (C=O) groups excluding carboxylic acids is 1. The molecule has 1 saturated heterocycles. The first-order valence-electron chi connectivity index (χ1n) is 7.01. The number of nitrogens with one attached hydrogen (secondary N) is 1. The number of hydrogen-bond donors (Lipinski definition) is 1. The highest BCUT2D eigenvalue weighted by molar-refractivity contribution is 6.29. The lowest BCUT2D eigenvalue weighted by Gasteiger charge is -2.18. The number of pyridine rings is 1. The van der Waals surface area contributed by atoms with Crippen molar-refractivity contribution in [3.05, 3.63) is 53.3 Å². The monoisotopic (exact) mass is 301 g/mol. The third kappa shape index (κ3) is 3.34. The number of amides is 1. The summed E-state index contributed by atoms with van der Waals surface area (Å²) in [4.78, 5) is 18.5. The van der Waals surface area contributed by atoms with Gasteiger partial charge in [0.05, 0.1) is 0 Å². The molecule has 108 valence electrons. The first kappa shape index (κ1) is 13.9. The Kier molecular flexibility index (Phi) is 4.06. The minimum Gasteiger partial charge on any atom is -0.371 e. The molecule has 1 aromatic carbocycles. The second-order valence-electron chi connectivity index (χ2n) is 5.04. The van der Waals surface area contributed by atoms with Gasteiger partial charge in [0, 0.05) is 24.5 Å². The highest BCUT2D eigenvalue weighted by atomic mass is 35.5. The van der Waals surface area contributed by atoms with Crippen molar-refractivity contribution < 1.29 is 4.79 Å². The maximum Gasteiger partial charge on any atom is 0.274 e. The molecule has 0 unspecified atom stereocenters. The van der Waals surface area contributed by atoms with E-state index in [0.29, 0.717) is 10.8 Å². The molecule has 21 heavy (non-hydrogen) atoms. The Hall–Kier alpha value is -2.07. The summed E-state index contributed by atoms with van der Waals surface area (Å²) in [6.45, 7) is 2.15. The van der Waals surface area contributed by atoms with Crippen LogP contribution in [0.25, 0.3) is 0 Å². The Morgan fingerprint density at radius 2 is 1.90 bits per heavy atom. The quantitative estimate of drug-likeness (QED) is 0.881. The van der Waals surface area contributed by atoms with Crippen LogP contribution >= 0.6 is 11.6 Å². The van der Waals surface area contributed by atoms with Gasteiger partial charge in [-0.3, -0.25) is 4.79 Å². The number of nitrogens with zero attached hydrogens (tertiary/aromatic N) is 2. The fraction of sp³-hybridized carbons (Fsp3) is 0.250. The number of halogens is 1. The van der Waals surface area contributed by atoms with Crippen molar-refractivity contribution >= 4 is 28.9 Å². The fourth-order valence-corrected chi connectivity index (χ4v) is 2.65. The summed E-state index contributed by atoms with van der Waals surface area (Å²) in [5.74, 6) is -0.254. The van der Waals surface area contributed by atoms with Gasteiger partial charge in [-0.25, -0.2) is 4.98 Å². The molecule has 1 aromatic heterocycles. The zero-order chi connectivity index (χ0) is 14.7. The van der Waals surface area contributed by atoms with E-state index in [1.807, 2.05) is 18.2 Å². The summed E-state index contributed by atoms with van der Waals surface area (Å²) < 4.78 is 0. The topological polar surface area (TPSA) is 45.2 Å². The Morgan fingerprint density at radius 3 is 2.67 bits per heavy atom. The van der Waals surface area contributed by atoms with Gasteiger partial charge in [0.15, 0.2) is 0 Å². The van der Waals surface area contributed by atoms with E-state index in [9.17, 15) is 4.79 Å². The summed E-state index contributed by atoms with van der Waals surface area (Å²) in [7, 11) is 0. The summed E-state index contributed by atoms with van der Waals surface area (Å²) in [6, 6.07) is 12.9. The van der Waals surface area contributed by atoms with Gasteiger partial charge in [-0.1, -0.05) is 23.7 Å². The second kappa shape index (κ2) is 6.14. The molecular weight excluding hydrogens is 286 g/mol. The maximum absolute atomic E-state index is 12.2. The van der Waals surface area contributed by atoms with Crippen LogP contribution in [0.5, 0.6) is 0 Å². The average molecular weight is 302 g/mol. The van der Waals surface area contributed by atoms with E-state index in [4.69, 9.17) is 11.6 Å². The van der Waals surface area contributed by atoms with Crippen LogP contribution in [-0.4, -0.2) is 24.0 Å². The van der Waals surface area contributed by atoms with Gasteiger partial charge in [-0.2, -0.15) is 0 Å². The van der Waals surface area contributed by atoms with E-state index in [1.54, 1.807) is 18.2 Å². The minimum atomic E-state index is -0.254. The van der Waals surface area contributed by atoms with Crippen molar-refractivity contribution in [2.24, 2.45) is 0 Å². The first-order valence-corrected chi connectivity index (χ1v) is 7.39. The molecule has 0 aliphatic carbocycles. The van der Waals surface area contributed by atoms with Crippen molar-refractivity contribution in [1.29, 1.82) is 0 Å². The Bertz CT molecular complexity index is 653. The van der Waals surface area contributed by atoms with Gasteiger partial charge >= 0.3 is 0 Å². The SMILES string of the molecule is O=C(Nc1cccc(N2CCCC2)c1)c1cccc(Cl)n1. The van der Waals surface area contributed by atoms with Gasteiger partial charge in [0.25, 0.3) is 5.91 Å². The molecule has 5 heteroatoms. The molecular formula is C16H16ClN3O. The van der Waals surface area contributed by atoms with E-state index in [2.05, 4.69) is 21.3 Å². The van der Waals surface area contributed by atoms with E-state index < -0.39 is 0 Å². The van der Waals surface area contributed by atoms with Gasteiger partial charge in [-0.05, 0) is 43.2 Å². The Labute approximate surface area is 128 Å². The van der Waals surface area contributed by atoms with Gasteiger partial charge in [-0.15, -0.1) is 0 Å². The number of carbonyl (C=O) groups is 1. The number of aromatic nitrogens is 1. The number of rotatable bonds is 3. The minimum absolute atomic E-state index is 0.254. The van der Waals surface area contributed by atoms with E-state index in [0.717, 1.165) is 24.5 Å². The first-order chi connectivity index (χ1) is 10.2. The molecule has 0 radical (unpaired) electrons. The predicted molar refractivity (Wildman–Crippen MR) is 85.1 cm³/mol. The van der Waals surface area contributed by atoms with Crippen molar-refractivity contribution in [2.75, 3.05) is 23.3 Å². The lowest BCUT2D eigenvalue weighted by molar-refractivity contribution is 0.102. The Balaban J connectivity index is 1.75. The molecule has 0 atom stereocenters. The number of benzene rings is 1. The summed E-state index contributed by atoms with van der Waals surface area (Å²) in [5.41, 5.74) is 2.23. The normalized spacial score (nSPS) is 14.2. The zero-order valence-electron chi connectivity index (χ0n) is 11.6. The van der Waals surface area contributed by atoms with Crippen molar-refractivity contribution in [3.63, 3.8) is 0 Å². The highest BCUT2D eigenvalue weighted by Crippen LogP contribution is 2.23. The lowest BCUT2D eigenvalue weighted by atomic mass is 10.2. The second-order valence-corrected chi connectivity index (χ2v) is 5.43. The molecule has 3 rings (SSSR count). The van der Waals surface area contributed by atoms with Crippen LogP contribution in [0.15, 0.2) is 42.5 Å². The zero-order valence-corrected chi connectivity index (χ0v) is 12.3. The maximum atomic E-state index is 12.2. The third-order valence-corrected chi connectivity index (χ3v) is 3.73. The van der Waals surface area contributed by atoms with Crippen molar-refractivity contribution in [2.45, 2.75) is 12.8 Å². The number of anilines is 2. The predicted octanol–water partition coefficient (Wildman–Crippen LogP) is 3.59. The van der Waals surface area contributed by atoms with Crippen LogP contribution in [0, 0.1) is 0 Å². The Morgan fingerprint density at radius 1 is 1.14 bits per heavy atom. The molecule has 1 aliphatic rings. The van der Waals surface area contributed by atoms with Crippen LogP contribution in [0.3, 0.4) is 0 Å². The highest BCUT2D eigenvalue weighted by Gasteiger charge is 2.13. The standard InChI is InChI=1S/C16H16ClN3O/c17-15-8-4-7-14(19-15)16(21)18-12-5-3-6-13(11-12)20-9-1-2-10-20/h3-8,11H,1-2,9-10H2,(H,18,21). The van der Waals surface area contributed by atoms with Crippen molar-refractivity contribution in [3.8, 4) is 0 Å². The molecule has 1 aliphatic heterocycles. The van der Waals surface area contributed by atoms with Gasteiger partial charge in [0.1, 0.15) is 10.8 Å². The van der Waals surface area contributed by atoms with Gasteiger partial charge in [0.2, 0.25) is 0 Å². The smallest absolute Gasteiger partial charge is 0.274 e. The van der Waals surface area contributed by atoms with Crippen LogP contribution in [0.4, 0.5) is 11.4 Å². The van der Waals surface area contributed by atoms with Crippen LogP contribution in [-0.2, 0) is 0 Å². The molecule has 1 amide bonds. The summed E-state index contributed by atoms with van der Waals surface area (Å²) >= 11 is 5.81. The molecule has 2 aromatic rings. The number of hydrogen-bond acceptors (Lipinski definition) is 3. The lowest BCUT2D eigenvalue weighted by Crippen LogP contribution is -2.18. The molecule has 2 heterocycles. The average Bonchev–Trinajstić information content (AvgIpc) is 3.02. The third-order valence-electron chi connectivity index (χ3n) is 3.52. The fourth-order valence-electron chi connectivity index (χ4n) is 2.49. The van der Waals surface area contributed by atoms with E-state index >= 15 is 0 Å². The van der Waals surface area contributed by atoms with E-state index in [-0.39, 0.29) is 5.91 Å². The van der Waals surface area contributed by atoms with E-state index in [1.165, 1.54) is 12.8 Å². The summed E-state index contributed by atoms with van der Waals surface area (Å²) in [5, 5.41) is 3.18.